The molecular weight excluding hydrogens is 344 g/mol. The molecule has 1 aliphatic carbocycles. The number of amides is 2. The van der Waals surface area contributed by atoms with E-state index in [0.717, 1.165) is 30.0 Å². The molecule has 7 nitrogen and oxygen atoms in total. The van der Waals surface area contributed by atoms with Gasteiger partial charge in [0.25, 0.3) is 0 Å². The lowest BCUT2D eigenvalue weighted by Crippen LogP contribution is -2.20. The Balaban J connectivity index is 1.42. The maximum atomic E-state index is 12.3. The molecule has 3 aromatic rings. The molecule has 1 aliphatic rings. The van der Waals surface area contributed by atoms with Crippen molar-refractivity contribution in [3.63, 3.8) is 0 Å². The van der Waals surface area contributed by atoms with E-state index in [1.54, 1.807) is 31.4 Å². The quantitative estimate of drug-likeness (QED) is 0.684. The van der Waals surface area contributed by atoms with E-state index in [4.69, 9.17) is 9.26 Å². The van der Waals surface area contributed by atoms with Crippen molar-refractivity contribution in [1.82, 2.24) is 10.1 Å². The molecule has 1 saturated carbocycles. The number of nitrogens with one attached hydrogen (secondary N) is 2. The van der Waals surface area contributed by atoms with Gasteiger partial charge in [-0.1, -0.05) is 23.4 Å². The summed E-state index contributed by atoms with van der Waals surface area (Å²) in [5.74, 6) is 2.52. The van der Waals surface area contributed by atoms with Crippen molar-refractivity contribution >= 4 is 17.4 Å². The highest BCUT2D eigenvalue weighted by Crippen LogP contribution is 2.38. The number of anilines is 2. The van der Waals surface area contributed by atoms with Crippen LogP contribution < -0.4 is 15.4 Å². The topological polar surface area (TPSA) is 89.3 Å². The monoisotopic (exact) mass is 364 g/mol. The predicted molar refractivity (Wildman–Crippen MR) is 101 cm³/mol. The maximum Gasteiger partial charge on any atom is 0.323 e. The van der Waals surface area contributed by atoms with Gasteiger partial charge >= 0.3 is 6.03 Å². The lowest BCUT2D eigenvalue weighted by molar-refractivity contribution is 0.262. The molecule has 2 aromatic carbocycles. The number of ether oxygens (including phenoxy) is 1. The van der Waals surface area contributed by atoms with Crippen molar-refractivity contribution in [2.24, 2.45) is 0 Å². The van der Waals surface area contributed by atoms with Crippen molar-refractivity contribution in [1.29, 1.82) is 0 Å². The molecular formula is C20H20N4O3. The van der Waals surface area contributed by atoms with Crippen LogP contribution in [0.1, 0.15) is 36.0 Å². The fourth-order valence-electron chi connectivity index (χ4n) is 2.77. The van der Waals surface area contributed by atoms with E-state index in [9.17, 15) is 4.79 Å². The summed E-state index contributed by atoms with van der Waals surface area (Å²) in [4.78, 5) is 16.8. The number of aromatic nitrogens is 2. The van der Waals surface area contributed by atoms with Crippen LogP contribution in [0.4, 0.5) is 16.2 Å². The summed E-state index contributed by atoms with van der Waals surface area (Å²) in [6.45, 7) is 0. The molecule has 2 amide bonds. The third kappa shape index (κ3) is 4.25. The van der Waals surface area contributed by atoms with Crippen molar-refractivity contribution in [3.8, 4) is 5.75 Å². The number of hydrogen-bond donors (Lipinski definition) is 2. The van der Waals surface area contributed by atoms with Crippen LogP contribution in [0.5, 0.6) is 5.75 Å². The second kappa shape index (κ2) is 7.49. The fourth-order valence-corrected chi connectivity index (χ4v) is 2.77. The Bertz CT molecular complexity index is 932. The number of rotatable bonds is 6. The first-order valence-corrected chi connectivity index (χ1v) is 8.84. The predicted octanol–water partition coefficient (Wildman–Crippen LogP) is 4.19. The molecule has 0 atom stereocenters. The summed E-state index contributed by atoms with van der Waals surface area (Å²) in [7, 11) is 1.60. The Morgan fingerprint density at radius 1 is 1.15 bits per heavy atom. The molecule has 0 saturated heterocycles. The molecule has 27 heavy (non-hydrogen) atoms. The summed E-state index contributed by atoms with van der Waals surface area (Å²) >= 11 is 0. The van der Waals surface area contributed by atoms with Gasteiger partial charge in [-0.2, -0.15) is 4.98 Å². The molecule has 0 aliphatic heterocycles. The molecule has 4 rings (SSSR count). The zero-order chi connectivity index (χ0) is 18.6. The standard InChI is InChI=1S/C20H20N4O3/c1-26-16-10-8-15(9-11-16)21-20(25)22-17-5-3-2-4-14(17)12-18-23-19(24-27-18)13-6-7-13/h2-5,8-11,13H,6-7,12H2,1H3,(H2,21,22,25). The fraction of sp³-hybridized carbons (Fsp3) is 0.250. The van der Waals surface area contributed by atoms with Gasteiger partial charge in [0.05, 0.1) is 13.5 Å². The van der Waals surface area contributed by atoms with E-state index in [1.807, 2.05) is 24.3 Å². The summed E-state index contributed by atoms with van der Waals surface area (Å²) in [5.41, 5.74) is 2.29. The van der Waals surface area contributed by atoms with Crippen LogP contribution >= 0.6 is 0 Å². The van der Waals surface area contributed by atoms with E-state index < -0.39 is 0 Å². The molecule has 7 heteroatoms. The summed E-state index contributed by atoms with van der Waals surface area (Å²) in [5, 5.41) is 9.72. The number of urea groups is 1. The Hall–Kier alpha value is -3.35. The third-order valence-corrected chi connectivity index (χ3v) is 4.38. The molecule has 0 radical (unpaired) electrons. The van der Waals surface area contributed by atoms with Crippen molar-refractivity contribution < 1.29 is 14.1 Å². The molecule has 1 fully saturated rings. The van der Waals surface area contributed by atoms with Crippen molar-refractivity contribution in [3.05, 3.63) is 65.8 Å². The van der Waals surface area contributed by atoms with Gasteiger partial charge in [-0.3, -0.25) is 0 Å². The van der Waals surface area contributed by atoms with E-state index in [-0.39, 0.29) is 6.03 Å². The SMILES string of the molecule is COc1ccc(NC(=O)Nc2ccccc2Cc2nc(C3CC3)no2)cc1. The Morgan fingerprint density at radius 2 is 1.93 bits per heavy atom. The lowest BCUT2D eigenvalue weighted by atomic mass is 10.1. The highest BCUT2D eigenvalue weighted by molar-refractivity contribution is 6.00. The smallest absolute Gasteiger partial charge is 0.323 e. The van der Waals surface area contributed by atoms with Crippen LogP contribution in [0.25, 0.3) is 0 Å². The largest absolute Gasteiger partial charge is 0.497 e. The number of carbonyl (C=O) groups is 1. The molecule has 0 spiro atoms. The zero-order valence-corrected chi connectivity index (χ0v) is 14.9. The van der Waals surface area contributed by atoms with Crippen LogP contribution in [0.2, 0.25) is 0 Å². The molecule has 0 unspecified atom stereocenters. The Labute approximate surface area is 156 Å². The summed E-state index contributed by atoms with van der Waals surface area (Å²) in [6, 6.07) is 14.4. The average Bonchev–Trinajstić information content (AvgIpc) is 3.43. The van der Waals surface area contributed by atoms with Gasteiger partial charge < -0.3 is 19.9 Å². The Morgan fingerprint density at radius 3 is 2.67 bits per heavy atom. The highest BCUT2D eigenvalue weighted by Gasteiger charge is 2.28. The van der Waals surface area contributed by atoms with E-state index >= 15 is 0 Å². The van der Waals surface area contributed by atoms with Crippen LogP contribution in [0, 0.1) is 0 Å². The number of hydrogen-bond acceptors (Lipinski definition) is 5. The number of carbonyl (C=O) groups excluding carboxylic acids is 1. The number of methoxy groups -OCH3 is 1. The second-order valence-corrected chi connectivity index (χ2v) is 6.46. The zero-order valence-electron chi connectivity index (χ0n) is 14.9. The van der Waals surface area contributed by atoms with Gasteiger partial charge in [-0.05, 0) is 48.7 Å². The van der Waals surface area contributed by atoms with Crippen LogP contribution in [0.3, 0.4) is 0 Å². The summed E-state index contributed by atoms with van der Waals surface area (Å²) in [6.07, 6.45) is 2.73. The third-order valence-electron chi connectivity index (χ3n) is 4.38. The molecule has 0 bridgehead atoms. The maximum absolute atomic E-state index is 12.3. The van der Waals surface area contributed by atoms with Gasteiger partial charge in [0.2, 0.25) is 5.89 Å². The second-order valence-electron chi connectivity index (χ2n) is 6.46. The van der Waals surface area contributed by atoms with Crippen molar-refractivity contribution in [2.75, 3.05) is 17.7 Å². The average molecular weight is 364 g/mol. The number of nitrogens with zero attached hydrogens (tertiary/aromatic N) is 2. The van der Waals surface area contributed by atoms with Gasteiger partial charge in [0.1, 0.15) is 5.75 Å². The molecule has 138 valence electrons. The van der Waals surface area contributed by atoms with Crippen LogP contribution in [0.15, 0.2) is 53.1 Å². The van der Waals surface area contributed by atoms with Crippen molar-refractivity contribution in [2.45, 2.75) is 25.2 Å². The minimum Gasteiger partial charge on any atom is -0.497 e. The first-order valence-electron chi connectivity index (χ1n) is 8.84. The molecule has 2 N–H and O–H groups in total. The van der Waals surface area contributed by atoms with Crippen LogP contribution in [-0.4, -0.2) is 23.3 Å². The normalized spacial score (nSPS) is 13.2. The first-order chi connectivity index (χ1) is 13.2. The van der Waals surface area contributed by atoms with Gasteiger partial charge in [-0.25, -0.2) is 4.79 Å². The highest BCUT2D eigenvalue weighted by atomic mass is 16.5. The Kier molecular flexibility index (Phi) is 4.74. The van der Waals surface area contributed by atoms with Gasteiger partial charge in [-0.15, -0.1) is 0 Å². The van der Waals surface area contributed by atoms with E-state index in [0.29, 0.717) is 29.6 Å². The lowest BCUT2D eigenvalue weighted by Gasteiger charge is -2.11. The first kappa shape index (κ1) is 17.1. The number of para-hydroxylation sites is 1. The molecule has 1 heterocycles. The van der Waals surface area contributed by atoms with Gasteiger partial charge in [0.15, 0.2) is 5.82 Å². The minimum atomic E-state index is -0.322. The van der Waals surface area contributed by atoms with E-state index in [2.05, 4.69) is 20.8 Å². The number of benzene rings is 2. The van der Waals surface area contributed by atoms with Gasteiger partial charge in [0, 0.05) is 17.3 Å². The minimum absolute atomic E-state index is 0.322. The summed E-state index contributed by atoms with van der Waals surface area (Å²) < 4.78 is 10.5. The van der Waals surface area contributed by atoms with Crippen LogP contribution in [-0.2, 0) is 6.42 Å². The van der Waals surface area contributed by atoms with E-state index in [1.165, 1.54) is 0 Å². The molecule has 1 aromatic heterocycles.